The van der Waals surface area contributed by atoms with E-state index in [4.69, 9.17) is 4.74 Å². The minimum Gasteiger partial charge on any atom is -0.377 e. The van der Waals surface area contributed by atoms with Crippen LogP contribution in [0.1, 0.15) is 51.1 Å². The highest BCUT2D eigenvalue weighted by Gasteiger charge is 2.21. The van der Waals surface area contributed by atoms with Crippen LogP contribution in [0.25, 0.3) is 0 Å². The highest BCUT2D eigenvalue weighted by molar-refractivity contribution is 5.90. The van der Waals surface area contributed by atoms with Gasteiger partial charge in [-0.2, -0.15) is 0 Å². The second kappa shape index (κ2) is 5.95. The van der Waals surface area contributed by atoms with Gasteiger partial charge in [-0.25, -0.2) is 4.98 Å². The second-order valence-corrected chi connectivity index (χ2v) is 5.23. The molecule has 1 rings (SSSR count). The molecule has 2 N–H and O–H groups in total. The van der Waals surface area contributed by atoms with E-state index in [1.54, 1.807) is 0 Å². The Morgan fingerprint density at radius 3 is 2.67 bits per heavy atom. The number of aromatic amines is 1. The molecule has 1 heterocycles. The first-order chi connectivity index (χ1) is 8.34. The molecule has 0 spiro atoms. The molecule has 1 atom stereocenters. The zero-order valence-corrected chi connectivity index (χ0v) is 11.7. The third-order valence-corrected chi connectivity index (χ3v) is 2.40. The lowest BCUT2D eigenvalue weighted by atomic mass is 9.96. The molecule has 0 fully saturated rings. The van der Waals surface area contributed by atoms with Crippen molar-refractivity contribution in [3.8, 4) is 0 Å². The van der Waals surface area contributed by atoms with Crippen LogP contribution in [0.2, 0.25) is 0 Å². The molecule has 0 aromatic carbocycles. The van der Waals surface area contributed by atoms with Gasteiger partial charge in [0.15, 0.2) is 0 Å². The fraction of sp³-hybridized carbons (Fsp3) is 0.750. The van der Waals surface area contributed by atoms with Gasteiger partial charge in [0.05, 0.1) is 6.10 Å². The third kappa shape index (κ3) is 4.10. The first kappa shape index (κ1) is 14.6. The van der Waals surface area contributed by atoms with Crippen LogP contribution in [0.15, 0.2) is 0 Å². The normalized spacial score (nSPS) is 13.4. The fourth-order valence-corrected chi connectivity index (χ4v) is 1.36. The van der Waals surface area contributed by atoms with Gasteiger partial charge in [0.25, 0.3) is 5.91 Å². The topological polar surface area (TPSA) is 79.9 Å². The number of hydrogen-bond acceptors (Lipinski definition) is 4. The van der Waals surface area contributed by atoms with Gasteiger partial charge in [-0.3, -0.25) is 9.89 Å². The van der Waals surface area contributed by atoms with Crippen molar-refractivity contribution in [2.45, 2.75) is 46.1 Å². The molecule has 0 saturated carbocycles. The Bertz CT molecular complexity index is 395. The Balaban J connectivity index is 2.55. The summed E-state index contributed by atoms with van der Waals surface area (Å²) in [5.74, 6) is 0.586. The van der Waals surface area contributed by atoms with Gasteiger partial charge >= 0.3 is 0 Å². The lowest BCUT2D eigenvalue weighted by molar-refractivity contribution is 0.0691. The number of amides is 1. The standard InChI is InChI=1S/C12H22N4O2/c1-6-18-8(2)7-13-10(17)9-14-11(16-15-9)12(3,4)5/h8H,6-7H2,1-5H3,(H,13,17)(H,14,15,16). The summed E-state index contributed by atoms with van der Waals surface area (Å²) in [5.41, 5.74) is -0.149. The summed E-state index contributed by atoms with van der Waals surface area (Å²) >= 11 is 0. The zero-order valence-electron chi connectivity index (χ0n) is 11.7. The number of H-pyrrole nitrogens is 1. The van der Waals surface area contributed by atoms with E-state index in [1.807, 2.05) is 34.6 Å². The number of carbonyl (C=O) groups excluding carboxylic acids is 1. The Kier molecular flexibility index (Phi) is 4.84. The Morgan fingerprint density at radius 1 is 1.50 bits per heavy atom. The number of rotatable bonds is 5. The smallest absolute Gasteiger partial charge is 0.291 e. The molecule has 0 aliphatic heterocycles. The molecule has 1 unspecified atom stereocenters. The van der Waals surface area contributed by atoms with Crippen molar-refractivity contribution < 1.29 is 9.53 Å². The summed E-state index contributed by atoms with van der Waals surface area (Å²) in [4.78, 5) is 16.0. The molecule has 0 aliphatic carbocycles. The minimum atomic E-state index is -0.284. The number of nitrogens with zero attached hydrogens (tertiary/aromatic N) is 2. The van der Waals surface area contributed by atoms with E-state index in [0.717, 1.165) is 0 Å². The van der Waals surface area contributed by atoms with E-state index in [0.29, 0.717) is 19.0 Å². The van der Waals surface area contributed by atoms with Crippen LogP contribution >= 0.6 is 0 Å². The van der Waals surface area contributed by atoms with Crippen molar-refractivity contribution in [2.75, 3.05) is 13.2 Å². The number of carbonyl (C=O) groups is 1. The van der Waals surface area contributed by atoms with Crippen molar-refractivity contribution in [3.05, 3.63) is 11.6 Å². The van der Waals surface area contributed by atoms with Crippen molar-refractivity contribution in [3.63, 3.8) is 0 Å². The average molecular weight is 254 g/mol. The van der Waals surface area contributed by atoms with Crippen molar-refractivity contribution in [1.29, 1.82) is 0 Å². The molecule has 1 amide bonds. The average Bonchev–Trinajstić information content (AvgIpc) is 2.75. The minimum absolute atomic E-state index is 0.0139. The van der Waals surface area contributed by atoms with Crippen LogP contribution in [0.5, 0.6) is 0 Å². The zero-order chi connectivity index (χ0) is 13.8. The molecule has 1 aromatic rings. The fourth-order valence-electron chi connectivity index (χ4n) is 1.36. The maximum Gasteiger partial charge on any atom is 0.291 e. The molecule has 6 heteroatoms. The van der Waals surface area contributed by atoms with Gasteiger partial charge in [-0.15, -0.1) is 5.10 Å². The van der Waals surface area contributed by atoms with Gasteiger partial charge in [0.1, 0.15) is 5.82 Å². The number of ether oxygens (including phenoxy) is 1. The maximum absolute atomic E-state index is 11.8. The molecule has 6 nitrogen and oxygen atoms in total. The Morgan fingerprint density at radius 2 is 2.17 bits per heavy atom. The van der Waals surface area contributed by atoms with Crippen LogP contribution in [0.3, 0.4) is 0 Å². The van der Waals surface area contributed by atoms with Crippen molar-refractivity contribution >= 4 is 5.91 Å². The van der Waals surface area contributed by atoms with Crippen molar-refractivity contribution in [2.24, 2.45) is 0 Å². The predicted molar refractivity (Wildman–Crippen MR) is 68.5 cm³/mol. The SMILES string of the molecule is CCOC(C)CNC(=O)c1n[nH]c(C(C)(C)C)n1. The molecule has 0 saturated heterocycles. The van der Waals surface area contributed by atoms with E-state index in [9.17, 15) is 4.79 Å². The van der Waals surface area contributed by atoms with Gasteiger partial charge in [-0.1, -0.05) is 20.8 Å². The molecule has 0 radical (unpaired) electrons. The predicted octanol–water partition coefficient (Wildman–Crippen LogP) is 1.26. The summed E-state index contributed by atoms with van der Waals surface area (Å²) in [7, 11) is 0. The number of hydrogen-bond donors (Lipinski definition) is 2. The lowest BCUT2D eigenvalue weighted by Gasteiger charge is -2.13. The highest BCUT2D eigenvalue weighted by atomic mass is 16.5. The molecule has 0 aliphatic rings. The second-order valence-electron chi connectivity index (χ2n) is 5.23. The van der Waals surface area contributed by atoms with Gasteiger partial charge in [-0.05, 0) is 13.8 Å². The van der Waals surface area contributed by atoms with Gasteiger partial charge < -0.3 is 10.1 Å². The maximum atomic E-state index is 11.8. The van der Waals surface area contributed by atoms with Gasteiger partial charge in [0.2, 0.25) is 5.82 Å². The number of aromatic nitrogens is 3. The van der Waals surface area contributed by atoms with Gasteiger partial charge in [0, 0.05) is 18.6 Å². The molecule has 1 aromatic heterocycles. The molecule has 102 valence electrons. The monoisotopic (exact) mass is 254 g/mol. The van der Waals surface area contributed by atoms with E-state index < -0.39 is 0 Å². The van der Waals surface area contributed by atoms with Crippen LogP contribution in [0.4, 0.5) is 0 Å². The van der Waals surface area contributed by atoms with Crippen LogP contribution in [-0.2, 0) is 10.2 Å². The summed E-state index contributed by atoms with van der Waals surface area (Å²) < 4.78 is 5.32. The lowest BCUT2D eigenvalue weighted by Crippen LogP contribution is -2.32. The highest BCUT2D eigenvalue weighted by Crippen LogP contribution is 2.17. The first-order valence-corrected chi connectivity index (χ1v) is 6.17. The molecule has 18 heavy (non-hydrogen) atoms. The molecular formula is C12H22N4O2. The first-order valence-electron chi connectivity index (χ1n) is 6.17. The molecule has 0 bridgehead atoms. The molecular weight excluding hydrogens is 232 g/mol. The van der Waals surface area contributed by atoms with Crippen molar-refractivity contribution in [1.82, 2.24) is 20.5 Å². The van der Waals surface area contributed by atoms with E-state index in [2.05, 4.69) is 20.5 Å². The summed E-state index contributed by atoms with van der Waals surface area (Å²) in [6.07, 6.45) is -0.0139. The Labute approximate surface area is 108 Å². The quantitative estimate of drug-likeness (QED) is 0.829. The Hall–Kier alpha value is -1.43. The van der Waals surface area contributed by atoms with E-state index in [-0.39, 0.29) is 23.3 Å². The largest absolute Gasteiger partial charge is 0.377 e. The summed E-state index contributed by atoms with van der Waals surface area (Å²) in [5, 5.41) is 9.44. The van der Waals surface area contributed by atoms with Crippen LogP contribution in [0, 0.1) is 0 Å². The summed E-state index contributed by atoms with van der Waals surface area (Å²) in [6, 6.07) is 0. The summed E-state index contributed by atoms with van der Waals surface area (Å²) in [6.45, 7) is 10.9. The van der Waals surface area contributed by atoms with Crippen LogP contribution < -0.4 is 5.32 Å². The van der Waals surface area contributed by atoms with E-state index >= 15 is 0 Å². The number of nitrogens with one attached hydrogen (secondary N) is 2. The third-order valence-electron chi connectivity index (χ3n) is 2.40. The van der Waals surface area contributed by atoms with Crippen LogP contribution in [-0.4, -0.2) is 40.3 Å². The van der Waals surface area contributed by atoms with E-state index in [1.165, 1.54) is 0 Å².